The van der Waals surface area contributed by atoms with Crippen LogP contribution in [0.2, 0.25) is 0 Å². The van der Waals surface area contributed by atoms with Gasteiger partial charge in [-0.15, -0.1) is 11.3 Å². The molecule has 0 fully saturated rings. The maximum atomic E-state index is 12.5. The zero-order valence-corrected chi connectivity index (χ0v) is 19.0. The lowest BCUT2D eigenvalue weighted by Crippen LogP contribution is -2.35. The Labute approximate surface area is 179 Å². The molecule has 0 aliphatic rings. The van der Waals surface area contributed by atoms with Crippen LogP contribution in [0.25, 0.3) is 22.7 Å². The average Bonchev–Trinajstić information content (AvgIpc) is 2.73. The van der Waals surface area contributed by atoms with Crippen LogP contribution in [-0.2, 0) is 0 Å². The average molecular weight is 413 g/mol. The molecule has 1 aromatic heterocycles. The number of hydrogen-bond acceptors (Lipinski definition) is 3. The number of hydrogen-bond donors (Lipinski definition) is 0. The van der Waals surface area contributed by atoms with Crippen molar-refractivity contribution in [3.05, 3.63) is 50.3 Å². The van der Waals surface area contributed by atoms with Gasteiger partial charge in [-0.2, -0.15) is 0 Å². The van der Waals surface area contributed by atoms with Crippen molar-refractivity contribution in [3.8, 4) is 5.75 Å². The van der Waals surface area contributed by atoms with Gasteiger partial charge in [-0.3, -0.25) is 4.79 Å². The Bertz CT molecular complexity index is 940. The highest BCUT2D eigenvalue weighted by atomic mass is 32.1. The van der Waals surface area contributed by atoms with Gasteiger partial charge >= 0.3 is 0 Å². The Morgan fingerprint density at radius 1 is 1.00 bits per heavy atom. The Kier molecular flexibility index (Phi) is 10.8. The van der Waals surface area contributed by atoms with E-state index in [0.717, 1.165) is 33.4 Å². The van der Waals surface area contributed by atoms with E-state index >= 15 is 0 Å². The van der Waals surface area contributed by atoms with Gasteiger partial charge in [0.15, 0.2) is 5.43 Å². The molecule has 1 aromatic carbocycles. The molecule has 0 amide bonds. The number of benzene rings is 1. The standard InChI is InChI=1S/C26H36O2S/c1-4-6-8-9-10-11-12-13-14-15-19-28-22-17-18-23-25(20-22)29-24(16-7-5-2)21(3)26(23)27/h5,7,16-18,20H,3-4,6,8-15,19H2,1-2H3/b7-5-,24-16+. The van der Waals surface area contributed by atoms with Gasteiger partial charge in [0.2, 0.25) is 0 Å². The van der Waals surface area contributed by atoms with Gasteiger partial charge in [0.25, 0.3) is 0 Å². The molecular formula is C26H36O2S. The van der Waals surface area contributed by atoms with Crippen LogP contribution >= 0.6 is 11.3 Å². The van der Waals surface area contributed by atoms with E-state index in [2.05, 4.69) is 13.5 Å². The lowest BCUT2D eigenvalue weighted by molar-refractivity contribution is 0.304. The third-order valence-corrected chi connectivity index (χ3v) is 6.36. The molecule has 0 spiro atoms. The molecule has 0 aliphatic heterocycles. The fourth-order valence-corrected chi connectivity index (χ4v) is 4.46. The zero-order valence-electron chi connectivity index (χ0n) is 18.2. The maximum Gasteiger partial charge on any atom is 0.195 e. The minimum atomic E-state index is 0.00995. The normalized spacial score (nSPS) is 12.3. The lowest BCUT2D eigenvalue weighted by atomic mass is 10.1. The molecular weight excluding hydrogens is 376 g/mol. The largest absolute Gasteiger partial charge is 0.494 e. The van der Waals surface area contributed by atoms with Gasteiger partial charge in [-0.05, 0) is 37.6 Å². The molecule has 0 bridgehead atoms. The summed E-state index contributed by atoms with van der Waals surface area (Å²) >= 11 is 1.59. The Morgan fingerprint density at radius 2 is 1.66 bits per heavy atom. The lowest BCUT2D eigenvalue weighted by Gasteiger charge is -2.07. The fourth-order valence-electron chi connectivity index (χ4n) is 3.42. The number of ether oxygens (including phenoxy) is 1. The van der Waals surface area contributed by atoms with E-state index < -0.39 is 0 Å². The van der Waals surface area contributed by atoms with Gasteiger partial charge in [-0.25, -0.2) is 0 Å². The minimum absolute atomic E-state index is 0.00995. The summed E-state index contributed by atoms with van der Waals surface area (Å²) in [6.45, 7) is 8.92. The van der Waals surface area contributed by atoms with Crippen molar-refractivity contribution in [3.63, 3.8) is 0 Å². The van der Waals surface area contributed by atoms with Crippen LogP contribution in [0.15, 0.2) is 35.1 Å². The second-order valence-electron chi connectivity index (χ2n) is 7.65. The van der Waals surface area contributed by atoms with Gasteiger partial charge < -0.3 is 4.74 Å². The molecule has 0 saturated heterocycles. The van der Waals surface area contributed by atoms with E-state index in [1.165, 1.54) is 57.8 Å². The molecule has 0 unspecified atom stereocenters. The van der Waals surface area contributed by atoms with Crippen LogP contribution in [0.3, 0.4) is 0 Å². The molecule has 2 rings (SSSR count). The smallest absolute Gasteiger partial charge is 0.195 e. The molecule has 1 heterocycles. The van der Waals surface area contributed by atoms with Crippen LogP contribution in [0.4, 0.5) is 0 Å². The van der Waals surface area contributed by atoms with E-state index in [-0.39, 0.29) is 5.43 Å². The van der Waals surface area contributed by atoms with Crippen molar-refractivity contribution in [2.24, 2.45) is 0 Å². The van der Waals surface area contributed by atoms with Crippen molar-refractivity contribution in [1.82, 2.24) is 0 Å². The fraction of sp³-hybridized carbons (Fsp3) is 0.500. The summed E-state index contributed by atoms with van der Waals surface area (Å²) in [7, 11) is 0. The molecule has 2 nitrogen and oxygen atoms in total. The first-order valence-electron chi connectivity index (χ1n) is 11.2. The van der Waals surface area contributed by atoms with Crippen molar-refractivity contribution in [2.75, 3.05) is 6.61 Å². The molecule has 0 N–H and O–H groups in total. The summed E-state index contributed by atoms with van der Waals surface area (Å²) in [5.74, 6) is 0.845. The molecule has 0 atom stereocenters. The summed E-state index contributed by atoms with van der Waals surface area (Å²) in [6.07, 6.45) is 19.1. The zero-order chi connectivity index (χ0) is 20.9. The van der Waals surface area contributed by atoms with Crippen LogP contribution in [0.1, 0.15) is 78.1 Å². The number of rotatable bonds is 13. The van der Waals surface area contributed by atoms with Gasteiger partial charge in [0.05, 0.1) is 6.61 Å². The van der Waals surface area contributed by atoms with Gasteiger partial charge in [0, 0.05) is 19.8 Å². The highest BCUT2D eigenvalue weighted by Gasteiger charge is 2.04. The summed E-state index contributed by atoms with van der Waals surface area (Å²) in [5.41, 5.74) is 0.00995. The Balaban J connectivity index is 1.80. The second kappa shape index (κ2) is 13.4. The summed E-state index contributed by atoms with van der Waals surface area (Å²) < 4.78 is 7.81. The second-order valence-corrected chi connectivity index (χ2v) is 8.74. The predicted octanol–water partition coefficient (Wildman–Crippen LogP) is 6.33. The molecule has 0 saturated carbocycles. The summed E-state index contributed by atoms with van der Waals surface area (Å²) in [5, 5.41) is 1.29. The van der Waals surface area contributed by atoms with E-state index in [9.17, 15) is 4.79 Å². The quantitative estimate of drug-likeness (QED) is 0.359. The van der Waals surface area contributed by atoms with Crippen LogP contribution in [0.5, 0.6) is 5.75 Å². The van der Waals surface area contributed by atoms with E-state index in [4.69, 9.17) is 4.74 Å². The van der Waals surface area contributed by atoms with Gasteiger partial charge in [-0.1, -0.05) is 83.4 Å². The van der Waals surface area contributed by atoms with E-state index in [1.807, 2.05) is 43.4 Å². The highest BCUT2D eigenvalue weighted by molar-refractivity contribution is 7.16. The number of allylic oxidation sites excluding steroid dienone is 2. The van der Waals surface area contributed by atoms with E-state index in [0.29, 0.717) is 5.22 Å². The molecule has 2 aromatic rings. The topological polar surface area (TPSA) is 26.3 Å². The Hall–Kier alpha value is -1.87. The first-order chi connectivity index (χ1) is 14.2. The maximum absolute atomic E-state index is 12.5. The molecule has 3 heteroatoms. The van der Waals surface area contributed by atoms with Crippen molar-refractivity contribution in [2.45, 2.75) is 78.1 Å². The highest BCUT2D eigenvalue weighted by Crippen LogP contribution is 2.20. The van der Waals surface area contributed by atoms with E-state index in [1.54, 1.807) is 11.3 Å². The molecule has 158 valence electrons. The monoisotopic (exact) mass is 412 g/mol. The first-order valence-corrected chi connectivity index (χ1v) is 12.0. The molecule has 0 radical (unpaired) electrons. The van der Waals surface area contributed by atoms with Crippen LogP contribution < -0.4 is 19.9 Å². The third kappa shape index (κ3) is 7.81. The molecule has 29 heavy (non-hydrogen) atoms. The minimum Gasteiger partial charge on any atom is -0.494 e. The third-order valence-electron chi connectivity index (χ3n) is 5.20. The summed E-state index contributed by atoms with van der Waals surface area (Å²) in [6, 6.07) is 5.77. The Morgan fingerprint density at radius 3 is 2.31 bits per heavy atom. The van der Waals surface area contributed by atoms with Crippen molar-refractivity contribution >= 4 is 34.1 Å². The van der Waals surface area contributed by atoms with Crippen molar-refractivity contribution < 1.29 is 4.74 Å². The summed E-state index contributed by atoms with van der Waals surface area (Å²) in [4.78, 5) is 12.5. The van der Waals surface area contributed by atoms with Crippen LogP contribution in [-0.4, -0.2) is 6.61 Å². The number of fused-ring (bicyclic) bond motifs is 1. The first kappa shape index (κ1) is 23.4. The predicted molar refractivity (Wildman–Crippen MR) is 129 cm³/mol. The van der Waals surface area contributed by atoms with Crippen LogP contribution in [0, 0.1) is 0 Å². The SMILES string of the molecule is C=c1c(=O)c2ccc(OCCCCCCCCCCCC)cc2s/c1=C/C=C\C. The van der Waals surface area contributed by atoms with Gasteiger partial charge in [0.1, 0.15) is 5.75 Å². The molecule has 0 aliphatic carbocycles. The number of unbranched alkanes of at least 4 members (excludes halogenated alkanes) is 9. The van der Waals surface area contributed by atoms with Crippen molar-refractivity contribution in [1.29, 1.82) is 0 Å².